The number of aromatic amines is 1. The Labute approximate surface area is 195 Å². The summed E-state index contributed by atoms with van der Waals surface area (Å²) in [4.78, 5) is 32.5. The molecule has 0 saturated heterocycles. The van der Waals surface area contributed by atoms with Crippen molar-refractivity contribution in [3.63, 3.8) is 0 Å². The van der Waals surface area contributed by atoms with E-state index in [2.05, 4.69) is 20.5 Å². The number of hydrogen-bond acceptors (Lipinski definition) is 4. The maximum Gasteiger partial charge on any atom is 0.272 e. The number of carbonyl (C=O) groups excluding carboxylic acids is 2. The van der Waals surface area contributed by atoms with Crippen molar-refractivity contribution in [1.82, 2.24) is 25.4 Å². The van der Waals surface area contributed by atoms with Crippen LogP contribution in [0.1, 0.15) is 62.1 Å². The SMILES string of the molecule is O=C(NC1CCCc2cc(F)ccc21)c1n[nH]c2c1CN(C(=O)c1ccnc3ccccc13)C2. The molecule has 34 heavy (non-hydrogen) atoms. The van der Waals surface area contributed by atoms with E-state index >= 15 is 0 Å². The van der Waals surface area contributed by atoms with Crippen LogP contribution in [0.25, 0.3) is 10.9 Å². The van der Waals surface area contributed by atoms with Gasteiger partial charge in [-0.3, -0.25) is 19.7 Å². The Kier molecular flexibility index (Phi) is 4.86. The van der Waals surface area contributed by atoms with Crippen molar-refractivity contribution in [2.45, 2.75) is 38.4 Å². The average molecular weight is 455 g/mol. The van der Waals surface area contributed by atoms with E-state index in [1.54, 1.807) is 29.3 Å². The molecule has 2 aliphatic rings. The molecule has 8 heteroatoms. The number of amides is 2. The first-order chi connectivity index (χ1) is 16.6. The van der Waals surface area contributed by atoms with Gasteiger partial charge in [0.15, 0.2) is 5.69 Å². The molecule has 2 amide bonds. The molecule has 2 aromatic carbocycles. The zero-order valence-electron chi connectivity index (χ0n) is 18.3. The van der Waals surface area contributed by atoms with Gasteiger partial charge in [0.2, 0.25) is 0 Å². The predicted octanol–water partition coefficient (Wildman–Crippen LogP) is 4.06. The number of fused-ring (bicyclic) bond motifs is 3. The van der Waals surface area contributed by atoms with Crippen molar-refractivity contribution in [3.8, 4) is 0 Å². The third kappa shape index (κ3) is 3.42. The number of nitrogens with zero attached hydrogens (tertiary/aromatic N) is 3. The van der Waals surface area contributed by atoms with Gasteiger partial charge in [-0.1, -0.05) is 24.3 Å². The van der Waals surface area contributed by atoms with Crippen molar-refractivity contribution < 1.29 is 14.0 Å². The van der Waals surface area contributed by atoms with E-state index in [9.17, 15) is 14.0 Å². The summed E-state index contributed by atoms with van der Waals surface area (Å²) in [5.74, 6) is -0.663. The van der Waals surface area contributed by atoms with Crippen LogP contribution in [0.3, 0.4) is 0 Å². The van der Waals surface area contributed by atoms with E-state index in [0.29, 0.717) is 24.3 Å². The highest BCUT2D eigenvalue weighted by molar-refractivity contribution is 6.06. The van der Waals surface area contributed by atoms with Crippen molar-refractivity contribution in [2.24, 2.45) is 0 Å². The number of para-hydroxylation sites is 1. The smallest absolute Gasteiger partial charge is 0.272 e. The fraction of sp³-hybridized carbons (Fsp3) is 0.231. The van der Waals surface area contributed by atoms with Gasteiger partial charge in [0.05, 0.1) is 35.9 Å². The third-order valence-electron chi connectivity index (χ3n) is 6.76. The maximum atomic E-state index is 13.6. The standard InChI is InChI=1S/C26H22FN5O2/c27-16-8-9-17-15(12-16)4-3-7-22(17)29-25(33)24-20-13-32(14-23(20)30-31-24)26(34)19-10-11-28-21-6-2-1-5-18(19)21/h1-2,5-6,8-12,22H,3-4,7,13-14H2,(H,29,33)(H,30,31). The van der Waals surface area contributed by atoms with Crippen LogP contribution in [0.2, 0.25) is 0 Å². The molecule has 7 nitrogen and oxygen atoms in total. The van der Waals surface area contributed by atoms with E-state index < -0.39 is 0 Å². The summed E-state index contributed by atoms with van der Waals surface area (Å²) in [5, 5.41) is 11.1. The number of carbonyl (C=O) groups is 2. The van der Waals surface area contributed by atoms with Crippen molar-refractivity contribution in [2.75, 3.05) is 0 Å². The van der Waals surface area contributed by atoms with Crippen LogP contribution in [-0.4, -0.2) is 31.9 Å². The van der Waals surface area contributed by atoms with Crippen LogP contribution < -0.4 is 5.32 Å². The van der Waals surface area contributed by atoms with Gasteiger partial charge in [-0.25, -0.2) is 4.39 Å². The van der Waals surface area contributed by atoms with Gasteiger partial charge in [-0.05, 0) is 54.7 Å². The van der Waals surface area contributed by atoms with E-state index in [0.717, 1.165) is 52.5 Å². The van der Waals surface area contributed by atoms with Crippen LogP contribution in [-0.2, 0) is 19.5 Å². The molecule has 1 aliphatic heterocycles. The highest BCUT2D eigenvalue weighted by atomic mass is 19.1. The molecule has 1 aliphatic carbocycles. The lowest BCUT2D eigenvalue weighted by atomic mass is 9.87. The molecule has 0 spiro atoms. The quantitative estimate of drug-likeness (QED) is 0.487. The van der Waals surface area contributed by atoms with Crippen LogP contribution in [0.4, 0.5) is 4.39 Å². The predicted molar refractivity (Wildman–Crippen MR) is 123 cm³/mol. The van der Waals surface area contributed by atoms with Crippen molar-refractivity contribution >= 4 is 22.7 Å². The Morgan fingerprint density at radius 1 is 1.12 bits per heavy atom. The molecule has 0 fully saturated rings. The number of nitrogens with one attached hydrogen (secondary N) is 2. The van der Waals surface area contributed by atoms with Crippen LogP contribution in [0.15, 0.2) is 54.7 Å². The number of aryl methyl sites for hydroxylation is 1. The highest BCUT2D eigenvalue weighted by Gasteiger charge is 2.33. The average Bonchev–Trinajstić information content (AvgIpc) is 3.44. The van der Waals surface area contributed by atoms with E-state index in [-0.39, 0.29) is 23.7 Å². The summed E-state index contributed by atoms with van der Waals surface area (Å²) in [6, 6.07) is 13.8. The van der Waals surface area contributed by atoms with Gasteiger partial charge in [-0.15, -0.1) is 0 Å². The van der Waals surface area contributed by atoms with Crippen molar-refractivity contribution in [3.05, 3.63) is 94.2 Å². The Balaban J connectivity index is 1.22. The van der Waals surface area contributed by atoms with Crippen molar-refractivity contribution in [1.29, 1.82) is 0 Å². The number of hydrogen-bond donors (Lipinski definition) is 2. The number of halogens is 1. The first-order valence-corrected chi connectivity index (χ1v) is 11.4. The summed E-state index contributed by atoms with van der Waals surface area (Å²) in [6.07, 6.45) is 4.11. The second-order valence-corrected chi connectivity index (χ2v) is 8.83. The molecule has 0 bridgehead atoms. The minimum Gasteiger partial charge on any atom is -0.344 e. The van der Waals surface area contributed by atoms with E-state index in [1.165, 1.54) is 6.07 Å². The lowest BCUT2D eigenvalue weighted by molar-refractivity contribution is 0.0748. The summed E-state index contributed by atoms with van der Waals surface area (Å²) in [7, 11) is 0. The molecule has 1 atom stereocenters. The second kappa shape index (κ2) is 8.06. The normalized spacial score (nSPS) is 16.9. The first kappa shape index (κ1) is 20.5. The molecular formula is C26H22FN5O2. The molecular weight excluding hydrogens is 433 g/mol. The van der Waals surface area contributed by atoms with Crippen LogP contribution in [0, 0.1) is 5.82 Å². The largest absolute Gasteiger partial charge is 0.344 e. The summed E-state index contributed by atoms with van der Waals surface area (Å²) in [6.45, 7) is 0.660. The number of pyridine rings is 1. The molecule has 170 valence electrons. The zero-order chi connectivity index (χ0) is 23.2. The van der Waals surface area contributed by atoms with E-state index in [4.69, 9.17) is 0 Å². The third-order valence-corrected chi connectivity index (χ3v) is 6.76. The lowest BCUT2D eigenvalue weighted by Crippen LogP contribution is -2.32. The number of H-pyrrole nitrogens is 1. The number of benzene rings is 2. The monoisotopic (exact) mass is 455 g/mol. The number of rotatable bonds is 3. The molecule has 1 unspecified atom stereocenters. The van der Waals surface area contributed by atoms with Gasteiger partial charge in [0.25, 0.3) is 11.8 Å². The lowest BCUT2D eigenvalue weighted by Gasteiger charge is -2.26. The summed E-state index contributed by atoms with van der Waals surface area (Å²) in [5.41, 5.74) is 5.04. The molecule has 2 aromatic heterocycles. The zero-order valence-corrected chi connectivity index (χ0v) is 18.3. The first-order valence-electron chi connectivity index (χ1n) is 11.4. The Morgan fingerprint density at radius 2 is 2.00 bits per heavy atom. The van der Waals surface area contributed by atoms with Gasteiger partial charge in [0.1, 0.15) is 5.82 Å². The fourth-order valence-electron chi connectivity index (χ4n) is 5.08. The van der Waals surface area contributed by atoms with Gasteiger partial charge in [-0.2, -0.15) is 5.10 Å². The second-order valence-electron chi connectivity index (χ2n) is 8.83. The topological polar surface area (TPSA) is 91.0 Å². The van der Waals surface area contributed by atoms with Gasteiger partial charge < -0.3 is 10.2 Å². The molecule has 3 heterocycles. The Bertz CT molecular complexity index is 1440. The maximum absolute atomic E-state index is 13.6. The van der Waals surface area contributed by atoms with Gasteiger partial charge in [0, 0.05) is 17.1 Å². The molecule has 0 saturated carbocycles. The van der Waals surface area contributed by atoms with Crippen LogP contribution >= 0.6 is 0 Å². The van der Waals surface area contributed by atoms with Crippen LogP contribution in [0.5, 0.6) is 0 Å². The highest BCUT2D eigenvalue weighted by Crippen LogP contribution is 2.32. The Morgan fingerprint density at radius 3 is 2.91 bits per heavy atom. The summed E-state index contributed by atoms with van der Waals surface area (Å²) < 4.78 is 13.6. The number of aromatic nitrogens is 3. The van der Waals surface area contributed by atoms with Gasteiger partial charge >= 0.3 is 0 Å². The van der Waals surface area contributed by atoms with E-state index in [1.807, 2.05) is 24.3 Å². The fourth-order valence-corrected chi connectivity index (χ4v) is 5.08. The molecule has 4 aromatic rings. The molecule has 0 radical (unpaired) electrons. The molecule has 6 rings (SSSR count). The Hall–Kier alpha value is -4.07. The molecule has 2 N–H and O–H groups in total. The minimum atomic E-state index is -0.289. The summed E-state index contributed by atoms with van der Waals surface area (Å²) >= 11 is 0. The minimum absolute atomic E-state index is 0.113.